The second-order valence-electron chi connectivity index (χ2n) is 6.13. The van der Waals surface area contributed by atoms with Gasteiger partial charge in [-0.25, -0.2) is 13.1 Å². The standard InChI is InChI=1S/C15H22N2O3S/c1-6-17-13-8-7-11(21(19,20)16-10(2)3)9-12(13)15(4,5)14(17)18/h7-10,16H,6H2,1-5H3. The average molecular weight is 310 g/mol. The van der Waals surface area contributed by atoms with Gasteiger partial charge in [0.1, 0.15) is 0 Å². The van der Waals surface area contributed by atoms with Crippen molar-refractivity contribution >= 4 is 21.6 Å². The fraction of sp³-hybridized carbons (Fsp3) is 0.533. The first kappa shape index (κ1) is 16.0. The van der Waals surface area contributed by atoms with Crippen LogP contribution in [0.5, 0.6) is 0 Å². The van der Waals surface area contributed by atoms with Crippen molar-refractivity contribution in [2.75, 3.05) is 11.4 Å². The molecule has 0 spiro atoms. The van der Waals surface area contributed by atoms with Crippen LogP contribution in [0.4, 0.5) is 5.69 Å². The molecule has 6 heteroatoms. The average Bonchev–Trinajstić information content (AvgIpc) is 2.56. The second kappa shape index (κ2) is 5.10. The third-order valence-corrected chi connectivity index (χ3v) is 5.39. The number of likely N-dealkylation sites (N-methyl/N-ethyl adjacent to an activating group) is 1. The highest BCUT2D eigenvalue weighted by Crippen LogP contribution is 2.42. The number of fused-ring (bicyclic) bond motifs is 1. The minimum Gasteiger partial charge on any atom is -0.312 e. The molecule has 0 atom stereocenters. The molecule has 0 fully saturated rings. The van der Waals surface area contributed by atoms with E-state index in [-0.39, 0.29) is 16.8 Å². The number of hydrogen-bond donors (Lipinski definition) is 1. The first-order valence-corrected chi connectivity index (χ1v) is 8.58. The number of amides is 1. The van der Waals surface area contributed by atoms with Gasteiger partial charge in [-0.3, -0.25) is 4.79 Å². The van der Waals surface area contributed by atoms with Crippen LogP contribution in [0.2, 0.25) is 0 Å². The van der Waals surface area contributed by atoms with Crippen molar-refractivity contribution in [3.8, 4) is 0 Å². The highest BCUT2D eigenvalue weighted by molar-refractivity contribution is 7.89. The minimum absolute atomic E-state index is 0.00590. The first-order valence-electron chi connectivity index (χ1n) is 7.10. The van der Waals surface area contributed by atoms with Gasteiger partial charge < -0.3 is 4.90 Å². The Morgan fingerprint density at radius 3 is 2.43 bits per heavy atom. The van der Waals surface area contributed by atoms with E-state index in [4.69, 9.17) is 0 Å². The van der Waals surface area contributed by atoms with Crippen molar-refractivity contribution in [2.24, 2.45) is 0 Å². The van der Waals surface area contributed by atoms with E-state index in [1.165, 1.54) is 0 Å². The van der Waals surface area contributed by atoms with E-state index in [2.05, 4.69) is 4.72 Å². The third kappa shape index (κ3) is 2.58. The molecule has 2 rings (SSSR count). The number of anilines is 1. The van der Waals surface area contributed by atoms with Crippen molar-refractivity contribution in [1.82, 2.24) is 4.72 Å². The first-order chi connectivity index (χ1) is 9.61. The molecule has 116 valence electrons. The van der Waals surface area contributed by atoms with E-state index in [1.807, 2.05) is 20.8 Å². The Hall–Kier alpha value is -1.40. The SMILES string of the molecule is CCN1C(=O)C(C)(C)c2cc(S(=O)(=O)NC(C)C)ccc21. The molecule has 0 saturated carbocycles. The van der Waals surface area contributed by atoms with Gasteiger partial charge in [0.15, 0.2) is 0 Å². The Morgan fingerprint density at radius 2 is 1.90 bits per heavy atom. The van der Waals surface area contributed by atoms with Crippen molar-refractivity contribution in [3.63, 3.8) is 0 Å². The molecule has 5 nitrogen and oxygen atoms in total. The summed E-state index contributed by atoms with van der Waals surface area (Å²) in [4.78, 5) is 14.3. The van der Waals surface area contributed by atoms with Gasteiger partial charge in [-0.2, -0.15) is 0 Å². The summed E-state index contributed by atoms with van der Waals surface area (Å²) in [6.07, 6.45) is 0. The molecule has 1 aromatic rings. The number of rotatable bonds is 4. The number of carbonyl (C=O) groups is 1. The monoisotopic (exact) mass is 310 g/mol. The molecule has 1 aliphatic rings. The Kier molecular flexibility index (Phi) is 3.88. The van der Waals surface area contributed by atoms with Crippen molar-refractivity contribution in [2.45, 2.75) is 51.0 Å². The van der Waals surface area contributed by atoms with Gasteiger partial charge in [-0.1, -0.05) is 0 Å². The van der Waals surface area contributed by atoms with E-state index in [0.717, 1.165) is 11.3 Å². The summed E-state index contributed by atoms with van der Waals surface area (Å²) in [6, 6.07) is 4.72. The van der Waals surface area contributed by atoms with Gasteiger partial charge in [-0.05, 0) is 58.4 Å². The minimum atomic E-state index is -3.55. The molecular formula is C15H22N2O3S. The van der Waals surface area contributed by atoms with Gasteiger partial charge in [0.2, 0.25) is 15.9 Å². The number of hydrogen-bond acceptors (Lipinski definition) is 3. The van der Waals surface area contributed by atoms with Gasteiger partial charge in [0, 0.05) is 18.3 Å². The van der Waals surface area contributed by atoms with Crippen LogP contribution in [0.25, 0.3) is 0 Å². The zero-order valence-corrected chi connectivity index (χ0v) is 13.9. The number of carbonyl (C=O) groups excluding carboxylic acids is 1. The number of nitrogens with zero attached hydrogens (tertiary/aromatic N) is 1. The number of sulfonamides is 1. The largest absolute Gasteiger partial charge is 0.312 e. The lowest BCUT2D eigenvalue weighted by atomic mass is 9.86. The molecule has 0 unspecified atom stereocenters. The second-order valence-corrected chi connectivity index (χ2v) is 7.84. The molecule has 0 aromatic heterocycles. The summed E-state index contributed by atoms with van der Waals surface area (Å²) in [7, 11) is -3.55. The van der Waals surface area contributed by atoms with E-state index in [1.54, 1.807) is 36.9 Å². The van der Waals surface area contributed by atoms with Crippen LogP contribution >= 0.6 is 0 Å². The normalized spacial score (nSPS) is 17.4. The lowest BCUT2D eigenvalue weighted by Gasteiger charge is -2.18. The third-order valence-electron chi connectivity index (χ3n) is 3.73. The van der Waals surface area contributed by atoms with Crippen LogP contribution in [-0.4, -0.2) is 26.9 Å². The highest BCUT2D eigenvalue weighted by atomic mass is 32.2. The van der Waals surface area contributed by atoms with E-state index in [0.29, 0.717) is 6.54 Å². The lowest BCUT2D eigenvalue weighted by molar-refractivity contribution is -0.122. The van der Waals surface area contributed by atoms with Gasteiger partial charge in [0.25, 0.3) is 0 Å². The van der Waals surface area contributed by atoms with Crippen molar-refractivity contribution in [3.05, 3.63) is 23.8 Å². The molecule has 1 aliphatic heterocycles. The predicted molar refractivity (Wildman–Crippen MR) is 83.0 cm³/mol. The molecule has 0 aliphatic carbocycles. The predicted octanol–water partition coefficient (Wildman–Crippen LogP) is 2.02. The summed E-state index contributed by atoms with van der Waals surface area (Å²) < 4.78 is 27.1. The molecule has 1 aromatic carbocycles. The molecule has 0 bridgehead atoms. The maximum atomic E-state index is 12.4. The highest BCUT2D eigenvalue weighted by Gasteiger charge is 2.43. The fourth-order valence-electron chi connectivity index (χ4n) is 2.67. The van der Waals surface area contributed by atoms with Crippen molar-refractivity contribution < 1.29 is 13.2 Å². The smallest absolute Gasteiger partial charge is 0.240 e. The van der Waals surface area contributed by atoms with E-state index < -0.39 is 15.4 Å². The topological polar surface area (TPSA) is 66.5 Å². The van der Waals surface area contributed by atoms with Crippen LogP contribution in [0, 0.1) is 0 Å². The van der Waals surface area contributed by atoms with Crippen LogP contribution in [-0.2, 0) is 20.2 Å². The molecule has 0 saturated heterocycles. The number of nitrogens with one attached hydrogen (secondary N) is 1. The zero-order valence-electron chi connectivity index (χ0n) is 13.1. The van der Waals surface area contributed by atoms with E-state index in [9.17, 15) is 13.2 Å². The van der Waals surface area contributed by atoms with E-state index >= 15 is 0 Å². The van der Waals surface area contributed by atoms with Gasteiger partial charge >= 0.3 is 0 Å². The zero-order chi connectivity index (χ0) is 16.0. The molecular weight excluding hydrogens is 288 g/mol. The quantitative estimate of drug-likeness (QED) is 0.925. The Balaban J connectivity index is 2.55. The Labute approximate surface area is 126 Å². The van der Waals surface area contributed by atoms with Gasteiger partial charge in [0.05, 0.1) is 10.3 Å². The molecule has 1 N–H and O–H groups in total. The summed E-state index contributed by atoms with van der Waals surface area (Å²) in [5.41, 5.74) is 0.867. The van der Waals surface area contributed by atoms with Crippen LogP contribution in [0.15, 0.2) is 23.1 Å². The maximum absolute atomic E-state index is 12.4. The Bertz CT molecular complexity index is 678. The summed E-state index contributed by atoms with van der Waals surface area (Å²) in [6.45, 7) is 9.69. The molecule has 21 heavy (non-hydrogen) atoms. The fourth-order valence-corrected chi connectivity index (χ4v) is 3.95. The van der Waals surface area contributed by atoms with Crippen molar-refractivity contribution in [1.29, 1.82) is 0 Å². The molecule has 1 amide bonds. The maximum Gasteiger partial charge on any atom is 0.240 e. The molecule has 0 radical (unpaired) electrons. The van der Waals surface area contributed by atoms with Crippen LogP contribution < -0.4 is 9.62 Å². The summed E-state index contributed by atoms with van der Waals surface area (Å²) in [5, 5.41) is 0. The molecule has 1 heterocycles. The van der Waals surface area contributed by atoms with Crippen LogP contribution in [0.1, 0.15) is 40.2 Å². The summed E-state index contributed by atoms with van der Waals surface area (Å²) >= 11 is 0. The van der Waals surface area contributed by atoms with Crippen LogP contribution in [0.3, 0.4) is 0 Å². The van der Waals surface area contributed by atoms with Gasteiger partial charge in [-0.15, -0.1) is 0 Å². The number of benzene rings is 1. The lowest BCUT2D eigenvalue weighted by Crippen LogP contribution is -2.35. The Morgan fingerprint density at radius 1 is 1.29 bits per heavy atom. The summed E-state index contributed by atoms with van der Waals surface area (Å²) in [5.74, 6) is 0.00590.